The molecule has 1 aromatic rings. The van der Waals surface area contributed by atoms with Crippen LogP contribution in [0.25, 0.3) is 0 Å². The number of rotatable bonds is 4. The number of hydrogen-bond donors (Lipinski definition) is 0. The predicted octanol–water partition coefficient (Wildman–Crippen LogP) is 2.28. The SMILES string of the molecule is COc1ccsc1S(=O)(=O)N1C(C)CC(=O)CC1C1CC1. The number of ketones is 1. The van der Waals surface area contributed by atoms with E-state index in [-0.39, 0.29) is 22.1 Å². The Balaban J connectivity index is 2.01. The zero-order chi connectivity index (χ0) is 15.2. The van der Waals surface area contributed by atoms with Gasteiger partial charge in [-0.1, -0.05) is 0 Å². The van der Waals surface area contributed by atoms with Crippen LogP contribution in [0.1, 0.15) is 32.6 Å². The molecule has 1 aromatic heterocycles. The van der Waals surface area contributed by atoms with Crippen LogP contribution in [0.15, 0.2) is 15.7 Å². The number of nitrogens with zero attached hydrogens (tertiary/aromatic N) is 1. The van der Waals surface area contributed by atoms with Gasteiger partial charge >= 0.3 is 0 Å². The third-order valence-corrected chi connectivity index (χ3v) is 7.68. The third kappa shape index (κ3) is 2.62. The van der Waals surface area contributed by atoms with Gasteiger partial charge in [0.1, 0.15) is 11.5 Å². The fraction of sp³-hybridized carbons (Fsp3) is 0.643. The molecule has 1 saturated carbocycles. The lowest BCUT2D eigenvalue weighted by molar-refractivity contribution is -0.123. The molecule has 2 atom stereocenters. The van der Waals surface area contributed by atoms with Crippen molar-refractivity contribution >= 4 is 27.1 Å². The van der Waals surface area contributed by atoms with Gasteiger partial charge in [0.2, 0.25) is 0 Å². The molecule has 3 rings (SSSR count). The Morgan fingerprint density at radius 3 is 2.67 bits per heavy atom. The Hall–Kier alpha value is -0.920. The van der Waals surface area contributed by atoms with Crippen LogP contribution >= 0.6 is 11.3 Å². The summed E-state index contributed by atoms with van der Waals surface area (Å²) in [4.78, 5) is 11.9. The summed E-state index contributed by atoms with van der Waals surface area (Å²) in [5.74, 6) is 0.889. The van der Waals surface area contributed by atoms with Gasteiger partial charge in [-0.05, 0) is 37.1 Å². The molecule has 7 heteroatoms. The zero-order valence-corrected chi connectivity index (χ0v) is 13.7. The van der Waals surface area contributed by atoms with Gasteiger partial charge in [0.25, 0.3) is 10.0 Å². The number of carbonyl (C=O) groups is 1. The molecule has 0 bridgehead atoms. The minimum absolute atomic E-state index is 0.170. The van der Waals surface area contributed by atoms with Crippen LogP contribution < -0.4 is 4.74 Å². The van der Waals surface area contributed by atoms with E-state index in [0.717, 1.165) is 12.8 Å². The molecule has 0 radical (unpaired) electrons. The second-order valence-electron chi connectivity index (χ2n) is 5.81. The minimum Gasteiger partial charge on any atom is -0.494 e. The first-order chi connectivity index (χ1) is 9.95. The van der Waals surface area contributed by atoms with Crippen LogP contribution in [-0.2, 0) is 14.8 Å². The van der Waals surface area contributed by atoms with Crippen LogP contribution in [0.4, 0.5) is 0 Å². The van der Waals surface area contributed by atoms with E-state index in [9.17, 15) is 13.2 Å². The molecule has 21 heavy (non-hydrogen) atoms. The van der Waals surface area contributed by atoms with Gasteiger partial charge in [0.05, 0.1) is 7.11 Å². The zero-order valence-electron chi connectivity index (χ0n) is 12.1. The van der Waals surface area contributed by atoms with E-state index in [0.29, 0.717) is 24.5 Å². The molecular weight excluding hydrogens is 310 g/mol. The predicted molar refractivity (Wildman–Crippen MR) is 80.1 cm³/mol. The van der Waals surface area contributed by atoms with Crippen molar-refractivity contribution in [1.82, 2.24) is 4.31 Å². The Bertz CT molecular complexity index is 648. The van der Waals surface area contributed by atoms with Gasteiger partial charge in [-0.25, -0.2) is 8.42 Å². The summed E-state index contributed by atoms with van der Waals surface area (Å²) in [5, 5.41) is 1.72. The van der Waals surface area contributed by atoms with Crippen molar-refractivity contribution < 1.29 is 17.9 Å². The highest BCUT2D eigenvalue weighted by molar-refractivity contribution is 7.91. The Labute approximate surface area is 129 Å². The molecule has 2 aliphatic rings. The van der Waals surface area contributed by atoms with Crippen LogP contribution in [0.3, 0.4) is 0 Å². The number of sulfonamides is 1. The second kappa shape index (κ2) is 5.37. The molecule has 2 unspecified atom stereocenters. The van der Waals surface area contributed by atoms with Crippen molar-refractivity contribution in [2.75, 3.05) is 7.11 Å². The lowest BCUT2D eigenvalue weighted by Crippen LogP contribution is -2.52. The summed E-state index contributed by atoms with van der Waals surface area (Å²) in [6.07, 6.45) is 2.68. The average molecular weight is 329 g/mol. The number of Topliss-reactive ketones (excluding diaryl/α,β-unsaturated/α-hetero) is 1. The summed E-state index contributed by atoms with van der Waals surface area (Å²) in [7, 11) is -2.14. The van der Waals surface area contributed by atoms with Crippen molar-refractivity contribution in [2.45, 2.75) is 48.9 Å². The molecule has 2 heterocycles. The maximum Gasteiger partial charge on any atom is 0.256 e. The molecule has 0 aromatic carbocycles. The van der Waals surface area contributed by atoms with E-state index in [1.165, 1.54) is 18.4 Å². The summed E-state index contributed by atoms with van der Waals surface area (Å²) in [5.41, 5.74) is 0. The van der Waals surface area contributed by atoms with Gasteiger partial charge in [-0.2, -0.15) is 4.31 Å². The highest BCUT2D eigenvalue weighted by Gasteiger charge is 2.48. The fourth-order valence-corrected chi connectivity index (χ4v) is 6.38. The van der Waals surface area contributed by atoms with Crippen molar-refractivity contribution in [3.8, 4) is 5.75 Å². The van der Waals surface area contributed by atoms with E-state index in [4.69, 9.17) is 4.74 Å². The lowest BCUT2D eigenvalue weighted by Gasteiger charge is -2.38. The number of thiophene rings is 1. The molecule has 0 amide bonds. The fourth-order valence-electron chi connectivity index (χ4n) is 3.14. The van der Waals surface area contributed by atoms with Gasteiger partial charge in [0.15, 0.2) is 4.21 Å². The average Bonchev–Trinajstić information content (AvgIpc) is 3.14. The van der Waals surface area contributed by atoms with Gasteiger partial charge in [-0.15, -0.1) is 11.3 Å². The van der Waals surface area contributed by atoms with Gasteiger partial charge < -0.3 is 4.74 Å². The molecule has 1 aliphatic carbocycles. The quantitative estimate of drug-likeness (QED) is 0.850. The van der Waals surface area contributed by atoms with Crippen molar-refractivity contribution in [3.05, 3.63) is 11.4 Å². The van der Waals surface area contributed by atoms with Crippen LogP contribution in [0.5, 0.6) is 5.75 Å². The molecule has 1 aliphatic heterocycles. The van der Waals surface area contributed by atoms with E-state index >= 15 is 0 Å². The highest BCUT2D eigenvalue weighted by atomic mass is 32.2. The van der Waals surface area contributed by atoms with Gasteiger partial charge in [0, 0.05) is 24.9 Å². The largest absolute Gasteiger partial charge is 0.494 e. The topological polar surface area (TPSA) is 63.7 Å². The highest BCUT2D eigenvalue weighted by Crippen LogP contribution is 2.44. The van der Waals surface area contributed by atoms with Crippen LogP contribution in [0.2, 0.25) is 0 Å². The monoisotopic (exact) mass is 329 g/mol. The third-order valence-electron chi connectivity index (χ3n) is 4.21. The Morgan fingerprint density at radius 1 is 1.33 bits per heavy atom. The smallest absolute Gasteiger partial charge is 0.256 e. The molecular formula is C14H19NO4S2. The summed E-state index contributed by atoms with van der Waals surface area (Å²) in [6.45, 7) is 1.82. The molecule has 0 spiro atoms. The number of hydrogen-bond acceptors (Lipinski definition) is 5. The first kappa shape index (κ1) is 15.0. The van der Waals surface area contributed by atoms with E-state index in [2.05, 4.69) is 0 Å². The molecule has 2 fully saturated rings. The molecule has 116 valence electrons. The summed E-state index contributed by atoms with van der Waals surface area (Å²) < 4.78 is 33.1. The van der Waals surface area contributed by atoms with E-state index in [1.807, 2.05) is 6.92 Å². The normalized spacial score (nSPS) is 27.8. The maximum absolute atomic E-state index is 13.0. The minimum atomic E-state index is -3.61. The Kier molecular flexibility index (Phi) is 3.83. The van der Waals surface area contributed by atoms with Crippen molar-refractivity contribution in [1.29, 1.82) is 0 Å². The second-order valence-corrected chi connectivity index (χ2v) is 8.77. The van der Waals surface area contributed by atoms with Crippen LogP contribution in [-0.4, -0.2) is 37.7 Å². The number of piperidine rings is 1. The summed E-state index contributed by atoms with van der Waals surface area (Å²) in [6, 6.07) is 1.20. The first-order valence-electron chi connectivity index (χ1n) is 7.12. The van der Waals surface area contributed by atoms with Crippen LogP contribution in [0, 0.1) is 5.92 Å². The van der Waals surface area contributed by atoms with Crippen molar-refractivity contribution in [2.24, 2.45) is 5.92 Å². The van der Waals surface area contributed by atoms with E-state index in [1.54, 1.807) is 15.8 Å². The molecule has 5 nitrogen and oxygen atoms in total. The summed E-state index contributed by atoms with van der Waals surface area (Å²) >= 11 is 1.17. The standard InChI is InChI=1S/C14H19NO4S2/c1-9-7-11(16)8-12(10-3-4-10)15(9)21(17,18)14-13(19-2)5-6-20-14/h5-6,9-10,12H,3-4,7-8H2,1-2H3. The van der Waals surface area contributed by atoms with Crippen molar-refractivity contribution in [3.63, 3.8) is 0 Å². The first-order valence-corrected chi connectivity index (χ1v) is 9.44. The Morgan fingerprint density at radius 2 is 2.05 bits per heavy atom. The maximum atomic E-state index is 13.0. The van der Waals surface area contributed by atoms with Gasteiger partial charge in [-0.3, -0.25) is 4.79 Å². The number of methoxy groups -OCH3 is 1. The number of ether oxygens (including phenoxy) is 1. The lowest BCUT2D eigenvalue weighted by atomic mass is 9.95. The molecule has 0 N–H and O–H groups in total. The van der Waals surface area contributed by atoms with E-state index < -0.39 is 10.0 Å². The number of carbonyl (C=O) groups excluding carboxylic acids is 1. The molecule has 1 saturated heterocycles.